The van der Waals surface area contributed by atoms with Gasteiger partial charge in [-0.25, -0.2) is 9.37 Å². The summed E-state index contributed by atoms with van der Waals surface area (Å²) in [5.74, 6) is 0.161. The third-order valence-corrected chi connectivity index (χ3v) is 2.58. The summed E-state index contributed by atoms with van der Waals surface area (Å²) in [5.41, 5.74) is 0.606. The van der Waals surface area contributed by atoms with Crippen LogP contribution in [0.25, 0.3) is 0 Å². The van der Waals surface area contributed by atoms with Gasteiger partial charge in [-0.2, -0.15) is 0 Å². The fraction of sp³-hybridized carbons (Fsp3) is 0. The number of hydrogen-bond donors (Lipinski definition) is 2. The van der Waals surface area contributed by atoms with Crippen LogP contribution in [0.1, 0.15) is 0 Å². The summed E-state index contributed by atoms with van der Waals surface area (Å²) < 4.78 is 13.0. The maximum Gasteiger partial charge on any atom is 0.176 e. The zero-order valence-electron chi connectivity index (χ0n) is 9.15. The Hall–Kier alpha value is -1.72. The van der Waals surface area contributed by atoms with Crippen molar-refractivity contribution in [1.82, 2.24) is 4.98 Å². The van der Waals surface area contributed by atoms with Crippen molar-refractivity contribution >= 4 is 40.4 Å². The number of pyridine rings is 1. The van der Waals surface area contributed by atoms with Crippen LogP contribution in [0.5, 0.6) is 0 Å². The molecule has 3 nitrogen and oxygen atoms in total. The minimum absolute atomic E-state index is 0.0423. The van der Waals surface area contributed by atoms with Crippen LogP contribution in [0.4, 0.5) is 15.9 Å². The lowest BCUT2D eigenvalue weighted by molar-refractivity contribution is 0.628. The number of thiocarbonyl (C=S) groups is 1. The predicted molar refractivity (Wildman–Crippen MR) is 75.5 cm³/mol. The van der Waals surface area contributed by atoms with Crippen molar-refractivity contribution in [3.63, 3.8) is 0 Å². The SMILES string of the molecule is Fc1ccc(NC(=S)Nc2ccccn2)cc1Cl. The highest BCUT2D eigenvalue weighted by Gasteiger charge is 2.03. The van der Waals surface area contributed by atoms with Crippen molar-refractivity contribution in [3.05, 3.63) is 53.4 Å². The van der Waals surface area contributed by atoms with Gasteiger partial charge >= 0.3 is 0 Å². The van der Waals surface area contributed by atoms with Crippen LogP contribution in [0.2, 0.25) is 5.02 Å². The van der Waals surface area contributed by atoms with E-state index in [1.54, 1.807) is 24.4 Å². The van der Waals surface area contributed by atoms with Crippen molar-refractivity contribution in [2.45, 2.75) is 0 Å². The molecule has 0 aliphatic rings. The molecule has 18 heavy (non-hydrogen) atoms. The highest BCUT2D eigenvalue weighted by Crippen LogP contribution is 2.19. The first-order chi connectivity index (χ1) is 8.65. The average molecular weight is 282 g/mol. The van der Waals surface area contributed by atoms with Gasteiger partial charge in [0.05, 0.1) is 5.02 Å². The number of halogens is 2. The summed E-state index contributed by atoms with van der Waals surface area (Å²) >= 11 is 10.8. The van der Waals surface area contributed by atoms with Crippen molar-refractivity contribution in [1.29, 1.82) is 0 Å². The number of anilines is 2. The highest BCUT2D eigenvalue weighted by molar-refractivity contribution is 7.80. The standard InChI is InChI=1S/C12H9ClFN3S/c13-9-7-8(4-5-10(9)14)16-12(18)17-11-3-1-2-6-15-11/h1-7H,(H2,15,16,17,18). The predicted octanol–water partition coefficient (Wildman–Crippen LogP) is 3.68. The van der Waals surface area contributed by atoms with Crippen molar-refractivity contribution in [2.24, 2.45) is 0 Å². The van der Waals surface area contributed by atoms with Crippen LogP contribution in [0.15, 0.2) is 42.6 Å². The molecule has 0 saturated heterocycles. The Balaban J connectivity index is 2.01. The zero-order chi connectivity index (χ0) is 13.0. The monoisotopic (exact) mass is 281 g/mol. The number of nitrogens with zero attached hydrogens (tertiary/aromatic N) is 1. The van der Waals surface area contributed by atoms with Gasteiger partial charge in [0.25, 0.3) is 0 Å². The average Bonchev–Trinajstić information content (AvgIpc) is 2.35. The molecular formula is C12H9ClFN3S. The van der Waals surface area contributed by atoms with E-state index < -0.39 is 5.82 Å². The highest BCUT2D eigenvalue weighted by atomic mass is 35.5. The zero-order valence-corrected chi connectivity index (χ0v) is 10.7. The van der Waals surface area contributed by atoms with Crippen LogP contribution < -0.4 is 10.6 Å². The molecule has 2 rings (SSSR count). The first kappa shape index (κ1) is 12.7. The summed E-state index contributed by atoms with van der Waals surface area (Å²) in [6.45, 7) is 0. The second kappa shape index (κ2) is 5.75. The molecule has 1 aromatic carbocycles. The second-order valence-electron chi connectivity index (χ2n) is 3.42. The van der Waals surface area contributed by atoms with E-state index in [0.29, 0.717) is 16.6 Å². The molecule has 0 radical (unpaired) electrons. The number of aromatic nitrogens is 1. The lowest BCUT2D eigenvalue weighted by Crippen LogP contribution is -2.19. The molecule has 2 aromatic rings. The van der Waals surface area contributed by atoms with Crippen LogP contribution in [-0.4, -0.2) is 10.1 Å². The molecule has 0 aliphatic carbocycles. The van der Waals surface area contributed by atoms with Gasteiger partial charge in [0.15, 0.2) is 5.11 Å². The van der Waals surface area contributed by atoms with Crippen LogP contribution in [0, 0.1) is 5.82 Å². The minimum Gasteiger partial charge on any atom is -0.332 e. The summed E-state index contributed by atoms with van der Waals surface area (Å²) in [7, 11) is 0. The summed E-state index contributed by atoms with van der Waals surface area (Å²) in [4.78, 5) is 4.07. The number of nitrogens with one attached hydrogen (secondary N) is 2. The van der Waals surface area contributed by atoms with Crippen molar-refractivity contribution in [2.75, 3.05) is 10.6 Å². The molecule has 0 fully saturated rings. The van der Waals surface area contributed by atoms with Gasteiger partial charge in [-0.15, -0.1) is 0 Å². The van der Waals surface area contributed by atoms with Gasteiger partial charge in [0.1, 0.15) is 11.6 Å². The van der Waals surface area contributed by atoms with Gasteiger partial charge < -0.3 is 10.6 Å². The molecule has 0 bridgehead atoms. The first-order valence-corrected chi connectivity index (χ1v) is 5.88. The lowest BCUT2D eigenvalue weighted by atomic mass is 10.3. The third-order valence-electron chi connectivity index (χ3n) is 2.08. The van der Waals surface area contributed by atoms with Gasteiger partial charge in [-0.3, -0.25) is 0 Å². The Kier molecular flexibility index (Phi) is 4.07. The summed E-state index contributed by atoms with van der Waals surface area (Å²) in [6, 6.07) is 9.71. The van der Waals surface area contributed by atoms with E-state index in [9.17, 15) is 4.39 Å². The van der Waals surface area contributed by atoms with Crippen molar-refractivity contribution in [3.8, 4) is 0 Å². The van der Waals surface area contributed by atoms with E-state index >= 15 is 0 Å². The molecule has 1 aromatic heterocycles. The molecule has 2 N–H and O–H groups in total. The van der Waals surface area contributed by atoms with Crippen LogP contribution in [0.3, 0.4) is 0 Å². The maximum atomic E-state index is 13.0. The second-order valence-corrected chi connectivity index (χ2v) is 4.24. The van der Waals surface area contributed by atoms with Gasteiger partial charge in [-0.05, 0) is 42.5 Å². The Morgan fingerprint density at radius 3 is 2.72 bits per heavy atom. The molecule has 0 unspecified atom stereocenters. The lowest BCUT2D eigenvalue weighted by Gasteiger charge is -2.10. The third kappa shape index (κ3) is 3.38. The van der Waals surface area contributed by atoms with E-state index in [2.05, 4.69) is 15.6 Å². The fourth-order valence-electron chi connectivity index (χ4n) is 1.29. The van der Waals surface area contributed by atoms with E-state index in [-0.39, 0.29) is 5.02 Å². The number of rotatable bonds is 2. The largest absolute Gasteiger partial charge is 0.332 e. The van der Waals surface area contributed by atoms with Crippen LogP contribution >= 0.6 is 23.8 Å². The Bertz CT molecular complexity index is 563. The molecule has 0 saturated carbocycles. The van der Waals surface area contributed by atoms with Gasteiger partial charge in [-0.1, -0.05) is 17.7 Å². The molecule has 0 amide bonds. The Morgan fingerprint density at radius 1 is 1.22 bits per heavy atom. The normalized spacial score (nSPS) is 9.89. The molecule has 1 heterocycles. The molecular weight excluding hydrogens is 273 g/mol. The Morgan fingerprint density at radius 2 is 2.06 bits per heavy atom. The molecule has 0 spiro atoms. The van der Waals surface area contributed by atoms with Gasteiger partial charge in [0, 0.05) is 11.9 Å². The molecule has 0 aliphatic heterocycles. The van der Waals surface area contributed by atoms with E-state index in [1.165, 1.54) is 12.1 Å². The van der Waals surface area contributed by atoms with E-state index in [1.807, 2.05) is 6.07 Å². The van der Waals surface area contributed by atoms with Gasteiger partial charge in [0.2, 0.25) is 0 Å². The fourth-order valence-corrected chi connectivity index (χ4v) is 1.69. The number of benzene rings is 1. The van der Waals surface area contributed by atoms with Crippen molar-refractivity contribution < 1.29 is 4.39 Å². The number of hydrogen-bond acceptors (Lipinski definition) is 2. The Labute approximate surface area is 114 Å². The van der Waals surface area contributed by atoms with Crippen LogP contribution in [-0.2, 0) is 0 Å². The summed E-state index contributed by atoms with van der Waals surface area (Å²) in [6.07, 6.45) is 1.65. The summed E-state index contributed by atoms with van der Waals surface area (Å²) in [5, 5.41) is 6.18. The quantitative estimate of drug-likeness (QED) is 0.824. The van der Waals surface area contributed by atoms with E-state index in [4.69, 9.17) is 23.8 Å². The minimum atomic E-state index is -0.467. The molecule has 0 atom stereocenters. The smallest absolute Gasteiger partial charge is 0.176 e. The molecule has 92 valence electrons. The maximum absolute atomic E-state index is 13.0. The first-order valence-electron chi connectivity index (χ1n) is 5.09. The topological polar surface area (TPSA) is 37.0 Å². The molecule has 6 heteroatoms. The van der Waals surface area contributed by atoms with E-state index in [0.717, 1.165) is 0 Å².